The molecule has 1 saturated heterocycles. The number of hydrogen-bond acceptors (Lipinski definition) is 5. The van der Waals surface area contributed by atoms with Crippen LogP contribution in [0.3, 0.4) is 0 Å². The highest BCUT2D eigenvalue weighted by Gasteiger charge is 2.28. The summed E-state index contributed by atoms with van der Waals surface area (Å²) in [5.74, 6) is 0.671. The van der Waals surface area contributed by atoms with E-state index >= 15 is 0 Å². The zero-order chi connectivity index (χ0) is 20.1. The number of sulfonamides is 1. The van der Waals surface area contributed by atoms with Gasteiger partial charge in [0.1, 0.15) is 9.96 Å². The zero-order valence-electron chi connectivity index (χ0n) is 16.2. The molecule has 6 nitrogen and oxygen atoms in total. The van der Waals surface area contributed by atoms with Crippen LogP contribution < -0.4 is 10.1 Å². The highest BCUT2D eigenvalue weighted by Crippen LogP contribution is 2.27. The third-order valence-electron chi connectivity index (χ3n) is 4.42. The van der Waals surface area contributed by atoms with Crippen LogP contribution in [0.15, 0.2) is 40.6 Å². The fraction of sp³-hybridized carbons (Fsp3) is 0.450. The Morgan fingerprint density at radius 2 is 1.82 bits per heavy atom. The predicted molar refractivity (Wildman–Crippen MR) is 110 cm³/mol. The van der Waals surface area contributed by atoms with Gasteiger partial charge in [-0.2, -0.15) is 4.31 Å². The standard InChI is InChI=1S/C20H26N2O4S2/c1-15(2)26-17-7-5-16(6-8-17)14-21-19(23)13-18-9-10-20(27-18)28(24,25)22-11-3-4-12-22/h5-10,15H,3-4,11-14H2,1-2H3,(H,21,23). The molecule has 1 aromatic carbocycles. The number of amides is 1. The molecule has 1 fully saturated rings. The van der Waals surface area contributed by atoms with Gasteiger partial charge in [0.25, 0.3) is 10.0 Å². The lowest BCUT2D eigenvalue weighted by molar-refractivity contribution is -0.120. The molecule has 0 atom stereocenters. The van der Waals surface area contributed by atoms with Crippen LogP contribution in [0.4, 0.5) is 0 Å². The van der Waals surface area contributed by atoms with Crippen LogP contribution in [-0.4, -0.2) is 37.8 Å². The number of rotatable bonds is 8. The maximum atomic E-state index is 12.6. The quantitative estimate of drug-likeness (QED) is 0.709. The lowest BCUT2D eigenvalue weighted by Gasteiger charge is -2.13. The van der Waals surface area contributed by atoms with Crippen LogP contribution in [0.1, 0.15) is 37.1 Å². The Balaban J connectivity index is 1.52. The fourth-order valence-corrected chi connectivity index (χ4v) is 6.05. The SMILES string of the molecule is CC(C)Oc1ccc(CNC(=O)Cc2ccc(S(=O)(=O)N3CCCC3)s2)cc1. The van der Waals surface area contributed by atoms with E-state index < -0.39 is 10.0 Å². The molecule has 0 saturated carbocycles. The summed E-state index contributed by atoms with van der Waals surface area (Å²) in [6.07, 6.45) is 2.11. The molecule has 1 N–H and O–H groups in total. The first-order chi connectivity index (χ1) is 13.3. The van der Waals surface area contributed by atoms with Crippen molar-refractivity contribution in [2.24, 2.45) is 0 Å². The summed E-state index contributed by atoms with van der Waals surface area (Å²) in [5.41, 5.74) is 0.980. The van der Waals surface area contributed by atoms with Crippen molar-refractivity contribution >= 4 is 27.3 Å². The zero-order valence-corrected chi connectivity index (χ0v) is 17.8. The molecule has 0 aliphatic carbocycles. The Kier molecular flexibility index (Phi) is 6.74. The first kappa shape index (κ1) is 20.8. The van der Waals surface area contributed by atoms with E-state index in [-0.39, 0.29) is 18.4 Å². The molecule has 8 heteroatoms. The number of nitrogens with zero attached hydrogens (tertiary/aromatic N) is 1. The summed E-state index contributed by atoms with van der Waals surface area (Å²) in [7, 11) is -3.41. The molecule has 28 heavy (non-hydrogen) atoms. The molecule has 152 valence electrons. The average molecular weight is 423 g/mol. The molecular weight excluding hydrogens is 396 g/mol. The van der Waals surface area contributed by atoms with Gasteiger partial charge in [-0.15, -0.1) is 11.3 Å². The smallest absolute Gasteiger partial charge is 0.252 e. The van der Waals surface area contributed by atoms with E-state index in [2.05, 4.69) is 5.32 Å². The molecule has 1 amide bonds. The molecule has 1 aliphatic heterocycles. The van der Waals surface area contributed by atoms with E-state index in [1.54, 1.807) is 12.1 Å². The van der Waals surface area contributed by atoms with Gasteiger partial charge in [-0.3, -0.25) is 4.79 Å². The summed E-state index contributed by atoms with van der Waals surface area (Å²) >= 11 is 1.18. The Bertz CT molecular complexity index is 899. The normalized spacial score (nSPS) is 15.1. The van der Waals surface area contributed by atoms with Gasteiger partial charge in [-0.1, -0.05) is 12.1 Å². The van der Waals surface area contributed by atoms with Crippen molar-refractivity contribution in [3.63, 3.8) is 0 Å². The number of nitrogens with one attached hydrogen (secondary N) is 1. The molecule has 1 aliphatic rings. The summed E-state index contributed by atoms with van der Waals surface area (Å²) in [6.45, 7) is 5.53. The Morgan fingerprint density at radius 1 is 1.14 bits per heavy atom. The molecule has 0 spiro atoms. The van der Waals surface area contributed by atoms with Crippen LogP contribution in [-0.2, 0) is 27.8 Å². The van der Waals surface area contributed by atoms with Crippen molar-refractivity contribution in [3.05, 3.63) is 46.8 Å². The van der Waals surface area contributed by atoms with E-state index in [0.717, 1.165) is 29.0 Å². The van der Waals surface area contributed by atoms with Gasteiger partial charge in [0.15, 0.2) is 0 Å². The second-order valence-electron chi connectivity index (χ2n) is 7.10. The van der Waals surface area contributed by atoms with Crippen LogP contribution in [0.25, 0.3) is 0 Å². The van der Waals surface area contributed by atoms with Crippen molar-refractivity contribution in [1.82, 2.24) is 9.62 Å². The summed E-state index contributed by atoms with van der Waals surface area (Å²) in [6, 6.07) is 10.9. The molecule has 2 aromatic rings. The van der Waals surface area contributed by atoms with Crippen LogP contribution in [0.2, 0.25) is 0 Å². The molecule has 0 bridgehead atoms. The van der Waals surface area contributed by atoms with Crippen molar-refractivity contribution in [3.8, 4) is 5.75 Å². The third kappa shape index (κ3) is 5.33. The lowest BCUT2D eigenvalue weighted by atomic mass is 10.2. The molecule has 2 heterocycles. The van der Waals surface area contributed by atoms with Crippen LogP contribution in [0.5, 0.6) is 5.75 Å². The number of thiophene rings is 1. The monoisotopic (exact) mass is 422 g/mol. The molecular formula is C20H26N2O4S2. The Hall–Kier alpha value is -1.90. The van der Waals surface area contributed by atoms with Gasteiger partial charge in [0.2, 0.25) is 5.91 Å². The topological polar surface area (TPSA) is 75.7 Å². The highest BCUT2D eigenvalue weighted by molar-refractivity contribution is 7.91. The minimum atomic E-state index is -3.41. The summed E-state index contributed by atoms with van der Waals surface area (Å²) in [4.78, 5) is 13.0. The first-order valence-corrected chi connectivity index (χ1v) is 11.7. The Labute approximate surface area is 170 Å². The molecule has 0 unspecified atom stereocenters. The van der Waals surface area contributed by atoms with E-state index in [1.807, 2.05) is 38.1 Å². The minimum absolute atomic E-state index is 0.121. The van der Waals surface area contributed by atoms with Crippen molar-refractivity contribution < 1.29 is 17.9 Å². The number of carbonyl (C=O) groups excluding carboxylic acids is 1. The van der Waals surface area contributed by atoms with Gasteiger partial charge in [0, 0.05) is 24.5 Å². The second-order valence-corrected chi connectivity index (χ2v) is 10.4. The minimum Gasteiger partial charge on any atom is -0.491 e. The van der Waals surface area contributed by atoms with Crippen molar-refractivity contribution in [2.45, 2.75) is 50.0 Å². The van der Waals surface area contributed by atoms with E-state index in [4.69, 9.17) is 4.74 Å². The summed E-state index contributed by atoms with van der Waals surface area (Å²) in [5, 5.41) is 2.88. The first-order valence-electron chi connectivity index (χ1n) is 9.46. The fourth-order valence-electron chi connectivity index (χ4n) is 3.03. The van der Waals surface area contributed by atoms with Gasteiger partial charge in [-0.05, 0) is 56.5 Å². The van der Waals surface area contributed by atoms with Gasteiger partial charge >= 0.3 is 0 Å². The average Bonchev–Trinajstić information content (AvgIpc) is 3.33. The van der Waals surface area contributed by atoms with Gasteiger partial charge in [0.05, 0.1) is 12.5 Å². The molecule has 3 rings (SSSR count). The largest absolute Gasteiger partial charge is 0.491 e. The summed E-state index contributed by atoms with van der Waals surface area (Å²) < 4.78 is 32.6. The van der Waals surface area contributed by atoms with Crippen molar-refractivity contribution in [2.75, 3.05) is 13.1 Å². The number of carbonyl (C=O) groups is 1. The molecule has 0 radical (unpaired) electrons. The van der Waals surface area contributed by atoms with E-state index in [1.165, 1.54) is 15.6 Å². The van der Waals surface area contributed by atoms with Crippen molar-refractivity contribution in [1.29, 1.82) is 0 Å². The van der Waals surface area contributed by atoms with Gasteiger partial charge < -0.3 is 10.1 Å². The third-order valence-corrected chi connectivity index (χ3v) is 7.87. The van der Waals surface area contributed by atoms with E-state index in [0.29, 0.717) is 23.8 Å². The number of benzene rings is 1. The van der Waals surface area contributed by atoms with Gasteiger partial charge in [-0.25, -0.2) is 8.42 Å². The maximum Gasteiger partial charge on any atom is 0.252 e. The van der Waals surface area contributed by atoms with Crippen LogP contribution >= 0.6 is 11.3 Å². The Morgan fingerprint density at radius 3 is 2.46 bits per heavy atom. The van der Waals surface area contributed by atoms with E-state index in [9.17, 15) is 13.2 Å². The number of hydrogen-bond donors (Lipinski definition) is 1. The molecule has 1 aromatic heterocycles. The van der Waals surface area contributed by atoms with Crippen LogP contribution in [0, 0.1) is 0 Å². The highest BCUT2D eigenvalue weighted by atomic mass is 32.2. The predicted octanol–water partition coefficient (Wildman–Crippen LogP) is 3.18. The lowest BCUT2D eigenvalue weighted by Crippen LogP contribution is -2.27. The maximum absolute atomic E-state index is 12.6. The number of ether oxygens (including phenoxy) is 1. The second kappa shape index (κ2) is 9.07.